The fourth-order valence-corrected chi connectivity index (χ4v) is 1.77. The van der Waals surface area contributed by atoms with E-state index in [1.54, 1.807) is 18.2 Å². The molecule has 1 aromatic carbocycles. The molecule has 6 heteroatoms. The first kappa shape index (κ1) is 14.8. The number of carbonyl (C=O) groups excluding carboxylic acids is 1. The first-order valence-electron chi connectivity index (χ1n) is 6.41. The van der Waals surface area contributed by atoms with E-state index in [9.17, 15) is 14.7 Å². The highest BCUT2D eigenvalue weighted by Gasteiger charge is 2.09. The zero-order chi connectivity index (χ0) is 15.2. The zero-order valence-corrected chi connectivity index (χ0v) is 11.5. The number of ether oxygens (including phenoxy) is 1. The summed E-state index contributed by atoms with van der Waals surface area (Å²) in [6.45, 7) is 2.14. The van der Waals surface area contributed by atoms with Gasteiger partial charge in [0.1, 0.15) is 12.0 Å². The molecule has 0 fully saturated rings. The van der Waals surface area contributed by atoms with Gasteiger partial charge in [0.15, 0.2) is 0 Å². The van der Waals surface area contributed by atoms with Crippen molar-refractivity contribution in [3.8, 4) is 5.75 Å². The Hall–Kier alpha value is -2.60. The molecule has 0 saturated heterocycles. The second kappa shape index (κ2) is 6.71. The quantitative estimate of drug-likeness (QED) is 0.876. The van der Waals surface area contributed by atoms with E-state index < -0.39 is 11.5 Å². The van der Waals surface area contributed by atoms with Crippen LogP contribution < -0.4 is 15.7 Å². The van der Waals surface area contributed by atoms with E-state index in [0.717, 1.165) is 6.26 Å². The van der Waals surface area contributed by atoms with E-state index in [-0.39, 0.29) is 12.2 Å². The van der Waals surface area contributed by atoms with Crippen molar-refractivity contribution in [2.24, 2.45) is 0 Å². The number of amides is 1. The maximum atomic E-state index is 12.0. The van der Waals surface area contributed by atoms with Gasteiger partial charge in [0.2, 0.25) is 0 Å². The molecule has 1 aromatic heterocycles. The lowest BCUT2D eigenvalue weighted by molar-refractivity contribution is 0.102. The topological polar surface area (TPSA) is 88.8 Å². The highest BCUT2D eigenvalue weighted by Crippen LogP contribution is 2.23. The molecule has 0 aliphatic rings. The van der Waals surface area contributed by atoms with Gasteiger partial charge >= 0.3 is 5.63 Å². The van der Waals surface area contributed by atoms with Crippen molar-refractivity contribution in [1.82, 2.24) is 0 Å². The molecule has 110 valence electrons. The van der Waals surface area contributed by atoms with Gasteiger partial charge in [-0.3, -0.25) is 4.79 Å². The highest BCUT2D eigenvalue weighted by molar-refractivity contribution is 6.03. The van der Waals surface area contributed by atoms with E-state index in [2.05, 4.69) is 9.73 Å². The summed E-state index contributed by atoms with van der Waals surface area (Å²) >= 11 is 0. The molecule has 1 heterocycles. The van der Waals surface area contributed by atoms with Crippen LogP contribution in [-0.2, 0) is 6.61 Å². The number of carbonyl (C=O) groups is 1. The van der Waals surface area contributed by atoms with Crippen LogP contribution in [0, 0.1) is 0 Å². The van der Waals surface area contributed by atoms with Gasteiger partial charge in [-0.05, 0) is 31.2 Å². The minimum Gasteiger partial charge on any atom is -0.494 e. The molecule has 6 nitrogen and oxygen atoms in total. The molecule has 2 N–H and O–H groups in total. The first-order chi connectivity index (χ1) is 10.1. The van der Waals surface area contributed by atoms with Crippen LogP contribution in [0.2, 0.25) is 0 Å². The fraction of sp³-hybridized carbons (Fsp3) is 0.200. The second-order valence-corrected chi connectivity index (χ2v) is 4.21. The van der Waals surface area contributed by atoms with Crippen LogP contribution >= 0.6 is 0 Å². The molecular weight excluding hydrogens is 274 g/mol. The van der Waals surface area contributed by atoms with Gasteiger partial charge in [-0.2, -0.15) is 0 Å². The number of rotatable bonds is 5. The summed E-state index contributed by atoms with van der Waals surface area (Å²) in [6, 6.07) is 7.52. The third-order valence-corrected chi connectivity index (χ3v) is 2.75. The van der Waals surface area contributed by atoms with Gasteiger partial charge in [0, 0.05) is 17.3 Å². The van der Waals surface area contributed by atoms with Gasteiger partial charge in [0.25, 0.3) is 5.91 Å². The van der Waals surface area contributed by atoms with E-state index >= 15 is 0 Å². The Morgan fingerprint density at radius 2 is 2.14 bits per heavy atom. The Labute approximate surface area is 121 Å². The highest BCUT2D eigenvalue weighted by atomic mass is 16.5. The largest absolute Gasteiger partial charge is 0.494 e. The predicted molar refractivity (Wildman–Crippen MR) is 76.5 cm³/mol. The maximum absolute atomic E-state index is 12.0. The van der Waals surface area contributed by atoms with Gasteiger partial charge in [-0.25, -0.2) is 4.79 Å². The van der Waals surface area contributed by atoms with Gasteiger partial charge < -0.3 is 19.6 Å². The van der Waals surface area contributed by atoms with Crippen molar-refractivity contribution in [1.29, 1.82) is 0 Å². The Bertz CT molecular complexity index is 672. The summed E-state index contributed by atoms with van der Waals surface area (Å²) in [5.41, 5.74) is 0.803. The van der Waals surface area contributed by atoms with Crippen molar-refractivity contribution in [3.63, 3.8) is 0 Å². The van der Waals surface area contributed by atoms with Crippen molar-refractivity contribution in [2.75, 3.05) is 11.9 Å². The zero-order valence-electron chi connectivity index (χ0n) is 11.5. The molecule has 0 spiro atoms. The SMILES string of the molecule is CCOc1ccc(NC(=O)c2ccc(=O)oc2)cc1CO. The molecule has 0 saturated carbocycles. The Morgan fingerprint density at radius 1 is 1.33 bits per heavy atom. The third kappa shape index (κ3) is 3.70. The molecule has 0 radical (unpaired) electrons. The van der Waals surface area contributed by atoms with Crippen LogP contribution in [0.25, 0.3) is 0 Å². The van der Waals surface area contributed by atoms with Gasteiger partial charge in [-0.1, -0.05) is 0 Å². The summed E-state index contributed by atoms with van der Waals surface area (Å²) in [6.07, 6.45) is 1.10. The number of anilines is 1. The van der Waals surface area contributed by atoms with Crippen molar-refractivity contribution < 1.29 is 19.1 Å². The van der Waals surface area contributed by atoms with Crippen molar-refractivity contribution >= 4 is 11.6 Å². The summed E-state index contributed by atoms with van der Waals surface area (Å²) in [5.74, 6) is 0.163. The number of hydrogen-bond acceptors (Lipinski definition) is 5. The van der Waals surface area contributed by atoms with E-state index in [4.69, 9.17) is 4.74 Å². The van der Waals surface area contributed by atoms with Crippen LogP contribution in [0.4, 0.5) is 5.69 Å². The summed E-state index contributed by atoms with van der Waals surface area (Å²) in [5, 5.41) is 12.0. The molecule has 2 aromatic rings. The van der Waals surface area contributed by atoms with Gasteiger partial charge in [-0.15, -0.1) is 0 Å². The lowest BCUT2D eigenvalue weighted by atomic mass is 10.1. The summed E-state index contributed by atoms with van der Waals surface area (Å²) in [4.78, 5) is 22.8. The van der Waals surface area contributed by atoms with E-state index in [1.165, 1.54) is 12.1 Å². The first-order valence-corrected chi connectivity index (χ1v) is 6.41. The minimum absolute atomic E-state index is 0.195. The number of hydrogen-bond donors (Lipinski definition) is 2. The molecule has 0 bridgehead atoms. The normalized spacial score (nSPS) is 10.2. The van der Waals surface area contributed by atoms with Crippen molar-refractivity contribution in [2.45, 2.75) is 13.5 Å². The lowest BCUT2D eigenvalue weighted by Gasteiger charge is -2.11. The summed E-state index contributed by atoms with van der Waals surface area (Å²) < 4.78 is 10.00. The van der Waals surface area contributed by atoms with Crippen LogP contribution in [-0.4, -0.2) is 17.6 Å². The monoisotopic (exact) mass is 289 g/mol. The summed E-state index contributed by atoms with van der Waals surface area (Å²) in [7, 11) is 0. The molecule has 0 aliphatic heterocycles. The fourth-order valence-electron chi connectivity index (χ4n) is 1.77. The predicted octanol–water partition coefficient (Wildman–Crippen LogP) is 1.78. The average molecular weight is 289 g/mol. The van der Waals surface area contributed by atoms with Crippen molar-refractivity contribution in [3.05, 3.63) is 58.1 Å². The van der Waals surface area contributed by atoms with Crippen LogP contribution in [0.1, 0.15) is 22.8 Å². The molecular formula is C15H15NO5. The van der Waals surface area contributed by atoms with Crippen LogP contribution in [0.15, 0.2) is 45.8 Å². The van der Waals surface area contributed by atoms with E-state index in [1.807, 2.05) is 6.92 Å². The number of aliphatic hydroxyl groups excluding tert-OH is 1. The molecule has 21 heavy (non-hydrogen) atoms. The second-order valence-electron chi connectivity index (χ2n) is 4.21. The molecule has 0 unspecified atom stereocenters. The molecule has 0 aliphatic carbocycles. The molecule has 2 rings (SSSR count). The van der Waals surface area contributed by atoms with Crippen LogP contribution in [0.3, 0.4) is 0 Å². The standard InChI is InChI=1S/C15H15NO5/c1-2-20-13-5-4-12(7-11(13)8-17)16-15(19)10-3-6-14(18)21-9-10/h3-7,9,17H,2,8H2,1H3,(H,16,19). The third-order valence-electron chi connectivity index (χ3n) is 2.75. The smallest absolute Gasteiger partial charge is 0.335 e. The van der Waals surface area contributed by atoms with Crippen LogP contribution in [0.5, 0.6) is 5.75 Å². The minimum atomic E-state index is -0.518. The Morgan fingerprint density at radius 3 is 2.76 bits per heavy atom. The van der Waals surface area contributed by atoms with Gasteiger partial charge in [0.05, 0.1) is 18.8 Å². The van der Waals surface area contributed by atoms with E-state index in [0.29, 0.717) is 23.6 Å². The maximum Gasteiger partial charge on any atom is 0.335 e. The number of nitrogens with one attached hydrogen (secondary N) is 1. The molecule has 1 amide bonds. The Kier molecular flexibility index (Phi) is 4.73. The number of benzene rings is 1. The average Bonchev–Trinajstić information content (AvgIpc) is 2.49. The molecule has 0 atom stereocenters. The lowest BCUT2D eigenvalue weighted by Crippen LogP contribution is -2.13. The Balaban J connectivity index is 2.17. The number of aliphatic hydroxyl groups is 1.